The molecule has 1 aliphatic rings. The van der Waals surface area contributed by atoms with Gasteiger partial charge in [0.1, 0.15) is 5.56 Å². The lowest BCUT2D eigenvalue weighted by molar-refractivity contribution is -0.385. The van der Waals surface area contributed by atoms with Crippen LogP contribution in [-0.4, -0.2) is 35.4 Å². The standard InChI is InChI=1S/C13H17N3O3/c1-13(8-14)6-7-15(9-13)12(17)10-4-2-3-5-11(10)16(18)19/h2-5H,6-9,14H2,1H3. The maximum atomic E-state index is 12.4. The zero-order chi connectivity index (χ0) is 14.0. The number of benzene rings is 1. The fourth-order valence-corrected chi connectivity index (χ4v) is 2.35. The number of likely N-dealkylation sites (tertiary alicyclic amines) is 1. The first kappa shape index (κ1) is 13.5. The van der Waals surface area contributed by atoms with Gasteiger partial charge in [-0.25, -0.2) is 0 Å². The highest BCUT2D eigenvalue weighted by atomic mass is 16.6. The van der Waals surface area contributed by atoms with Crippen molar-refractivity contribution in [2.45, 2.75) is 13.3 Å². The second-order valence-electron chi connectivity index (χ2n) is 5.27. The average Bonchev–Trinajstić information content (AvgIpc) is 2.81. The quantitative estimate of drug-likeness (QED) is 0.659. The Labute approximate surface area is 111 Å². The third kappa shape index (κ3) is 2.58. The lowest BCUT2D eigenvalue weighted by Gasteiger charge is -2.22. The van der Waals surface area contributed by atoms with E-state index in [4.69, 9.17) is 5.73 Å². The van der Waals surface area contributed by atoms with Gasteiger partial charge in [-0.1, -0.05) is 19.1 Å². The molecule has 1 heterocycles. The highest BCUT2D eigenvalue weighted by molar-refractivity contribution is 5.98. The van der Waals surface area contributed by atoms with Gasteiger partial charge in [-0.3, -0.25) is 14.9 Å². The fraction of sp³-hybridized carbons (Fsp3) is 0.462. The van der Waals surface area contributed by atoms with Crippen LogP contribution in [0, 0.1) is 15.5 Å². The minimum Gasteiger partial charge on any atom is -0.338 e. The number of nitro groups is 1. The first-order chi connectivity index (χ1) is 8.97. The minimum atomic E-state index is -0.522. The molecule has 1 aromatic rings. The molecule has 102 valence electrons. The number of hydrogen-bond donors (Lipinski definition) is 1. The van der Waals surface area contributed by atoms with Crippen molar-refractivity contribution in [3.05, 3.63) is 39.9 Å². The van der Waals surface area contributed by atoms with E-state index < -0.39 is 4.92 Å². The van der Waals surface area contributed by atoms with Crippen molar-refractivity contribution in [1.82, 2.24) is 4.90 Å². The summed E-state index contributed by atoms with van der Waals surface area (Å²) in [5, 5.41) is 10.9. The number of hydrogen-bond acceptors (Lipinski definition) is 4. The van der Waals surface area contributed by atoms with Gasteiger partial charge in [0, 0.05) is 19.2 Å². The number of nitrogens with two attached hydrogens (primary N) is 1. The van der Waals surface area contributed by atoms with Gasteiger partial charge in [-0.15, -0.1) is 0 Å². The summed E-state index contributed by atoms with van der Waals surface area (Å²) in [6.45, 7) is 3.68. The maximum Gasteiger partial charge on any atom is 0.282 e. The summed E-state index contributed by atoms with van der Waals surface area (Å²) >= 11 is 0. The average molecular weight is 263 g/mol. The normalized spacial score (nSPS) is 22.5. The molecule has 0 aliphatic carbocycles. The third-order valence-corrected chi connectivity index (χ3v) is 3.67. The van der Waals surface area contributed by atoms with Crippen LogP contribution in [-0.2, 0) is 0 Å². The molecule has 1 atom stereocenters. The largest absolute Gasteiger partial charge is 0.338 e. The zero-order valence-electron chi connectivity index (χ0n) is 10.8. The van der Waals surface area contributed by atoms with Crippen LogP contribution >= 0.6 is 0 Å². The monoisotopic (exact) mass is 263 g/mol. The summed E-state index contributed by atoms with van der Waals surface area (Å²) in [4.78, 5) is 24.4. The summed E-state index contributed by atoms with van der Waals surface area (Å²) in [7, 11) is 0. The number of nitro benzene ring substituents is 1. The van der Waals surface area contributed by atoms with E-state index >= 15 is 0 Å². The summed E-state index contributed by atoms with van der Waals surface area (Å²) in [5.41, 5.74) is 5.62. The van der Waals surface area contributed by atoms with Gasteiger partial charge in [-0.2, -0.15) is 0 Å². The first-order valence-electron chi connectivity index (χ1n) is 6.20. The maximum absolute atomic E-state index is 12.4. The topological polar surface area (TPSA) is 89.5 Å². The fourth-order valence-electron chi connectivity index (χ4n) is 2.35. The van der Waals surface area contributed by atoms with Gasteiger partial charge in [-0.05, 0) is 24.4 Å². The number of carbonyl (C=O) groups excluding carboxylic acids is 1. The molecule has 1 saturated heterocycles. The van der Waals surface area contributed by atoms with Gasteiger partial charge in [0.15, 0.2) is 0 Å². The molecule has 1 unspecified atom stereocenters. The second-order valence-corrected chi connectivity index (χ2v) is 5.27. The number of amides is 1. The van der Waals surface area contributed by atoms with E-state index in [2.05, 4.69) is 0 Å². The SMILES string of the molecule is CC1(CN)CCN(C(=O)c2ccccc2[N+](=O)[O-])C1. The van der Waals surface area contributed by atoms with Gasteiger partial charge >= 0.3 is 0 Å². The van der Waals surface area contributed by atoms with E-state index in [-0.39, 0.29) is 22.6 Å². The van der Waals surface area contributed by atoms with Crippen LogP contribution in [0.2, 0.25) is 0 Å². The number of carbonyl (C=O) groups is 1. The van der Waals surface area contributed by atoms with Crippen molar-refractivity contribution in [3.63, 3.8) is 0 Å². The molecular weight excluding hydrogens is 246 g/mol. The van der Waals surface area contributed by atoms with Crippen LogP contribution in [0.1, 0.15) is 23.7 Å². The molecule has 0 saturated carbocycles. The smallest absolute Gasteiger partial charge is 0.282 e. The molecule has 1 aliphatic heterocycles. The molecule has 1 amide bonds. The predicted molar refractivity (Wildman–Crippen MR) is 70.8 cm³/mol. The van der Waals surface area contributed by atoms with Crippen molar-refractivity contribution < 1.29 is 9.72 Å². The van der Waals surface area contributed by atoms with Gasteiger partial charge < -0.3 is 10.6 Å². The van der Waals surface area contributed by atoms with E-state index in [1.165, 1.54) is 12.1 Å². The number of para-hydroxylation sites is 1. The zero-order valence-corrected chi connectivity index (χ0v) is 10.8. The van der Waals surface area contributed by atoms with E-state index in [1.54, 1.807) is 17.0 Å². The van der Waals surface area contributed by atoms with Crippen LogP contribution in [0.15, 0.2) is 24.3 Å². The van der Waals surface area contributed by atoms with E-state index in [0.717, 1.165) is 6.42 Å². The van der Waals surface area contributed by atoms with Crippen molar-refractivity contribution >= 4 is 11.6 Å². The van der Waals surface area contributed by atoms with E-state index in [9.17, 15) is 14.9 Å². The molecule has 2 N–H and O–H groups in total. The molecule has 6 nitrogen and oxygen atoms in total. The minimum absolute atomic E-state index is 0.0841. The Morgan fingerprint density at radius 2 is 2.21 bits per heavy atom. The highest BCUT2D eigenvalue weighted by Crippen LogP contribution is 2.30. The van der Waals surface area contributed by atoms with Crippen molar-refractivity contribution in [2.75, 3.05) is 19.6 Å². The highest BCUT2D eigenvalue weighted by Gasteiger charge is 2.36. The van der Waals surface area contributed by atoms with Gasteiger partial charge in [0.2, 0.25) is 0 Å². The Hall–Kier alpha value is -1.95. The van der Waals surface area contributed by atoms with Crippen molar-refractivity contribution in [3.8, 4) is 0 Å². The van der Waals surface area contributed by atoms with Crippen LogP contribution in [0.25, 0.3) is 0 Å². The molecule has 6 heteroatoms. The van der Waals surface area contributed by atoms with Crippen LogP contribution < -0.4 is 5.73 Å². The van der Waals surface area contributed by atoms with E-state index in [1.807, 2.05) is 6.92 Å². The predicted octanol–water partition coefficient (Wildman–Crippen LogP) is 1.41. The molecule has 0 spiro atoms. The lowest BCUT2D eigenvalue weighted by atomic mass is 9.90. The number of rotatable bonds is 3. The van der Waals surface area contributed by atoms with Crippen LogP contribution in [0.4, 0.5) is 5.69 Å². The Bertz CT molecular complexity index is 518. The first-order valence-corrected chi connectivity index (χ1v) is 6.20. The molecular formula is C13H17N3O3. The lowest BCUT2D eigenvalue weighted by Crippen LogP contribution is -2.34. The van der Waals surface area contributed by atoms with Crippen molar-refractivity contribution in [1.29, 1.82) is 0 Å². The Kier molecular flexibility index (Phi) is 3.53. The molecule has 1 aromatic carbocycles. The van der Waals surface area contributed by atoms with Crippen LogP contribution in [0.5, 0.6) is 0 Å². The Balaban J connectivity index is 2.24. The Morgan fingerprint density at radius 3 is 2.79 bits per heavy atom. The summed E-state index contributed by atoms with van der Waals surface area (Å²) < 4.78 is 0. The summed E-state index contributed by atoms with van der Waals surface area (Å²) in [6.07, 6.45) is 0.829. The Morgan fingerprint density at radius 1 is 1.53 bits per heavy atom. The summed E-state index contributed by atoms with van der Waals surface area (Å²) in [6, 6.07) is 6.05. The summed E-state index contributed by atoms with van der Waals surface area (Å²) in [5.74, 6) is -0.288. The molecule has 1 fully saturated rings. The van der Waals surface area contributed by atoms with Crippen LogP contribution in [0.3, 0.4) is 0 Å². The molecule has 0 aromatic heterocycles. The van der Waals surface area contributed by atoms with E-state index in [0.29, 0.717) is 19.6 Å². The second kappa shape index (κ2) is 4.97. The molecule has 0 radical (unpaired) electrons. The molecule has 0 bridgehead atoms. The van der Waals surface area contributed by atoms with Gasteiger partial charge in [0.25, 0.3) is 11.6 Å². The third-order valence-electron chi connectivity index (χ3n) is 3.67. The molecule has 2 rings (SSSR count). The molecule has 19 heavy (non-hydrogen) atoms. The van der Waals surface area contributed by atoms with Crippen molar-refractivity contribution in [2.24, 2.45) is 11.1 Å². The number of nitrogens with zero attached hydrogens (tertiary/aromatic N) is 2. The van der Waals surface area contributed by atoms with Gasteiger partial charge in [0.05, 0.1) is 4.92 Å².